The zero-order valence-corrected chi connectivity index (χ0v) is 17.3. The van der Waals surface area contributed by atoms with Gasteiger partial charge in [0.15, 0.2) is 0 Å². The zero-order chi connectivity index (χ0) is 20.9. The maximum Gasteiger partial charge on any atom is 0.437 e. The van der Waals surface area contributed by atoms with Crippen molar-refractivity contribution in [1.82, 2.24) is 9.62 Å². The van der Waals surface area contributed by atoms with Gasteiger partial charge >= 0.3 is 6.09 Å². The molecular formula is C18H24FN3O5S. The topological polar surface area (TPSA) is 97.3 Å². The van der Waals surface area contributed by atoms with Gasteiger partial charge in [-0.3, -0.25) is 0 Å². The molecule has 1 aromatic carbocycles. The Morgan fingerprint density at radius 1 is 1.43 bits per heavy atom. The van der Waals surface area contributed by atoms with Gasteiger partial charge in [-0.2, -0.15) is 0 Å². The quantitative estimate of drug-likeness (QED) is 0.755. The number of fused-ring (bicyclic) bond motifs is 1. The highest BCUT2D eigenvalue weighted by Crippen LogP contribution is 2.40. The van der Waals surface area contributed by atoms with Crippen molar-refractivity contribution in [3.8, 4) is 0 Å². The lowest BCUT2D eigenvalue weighted by atomic mass is 9.87. The fourth-order valence-corrected chi connectivity index (χ4v) is 5.12. The van der Waals surface area contributed by atoms with Gasteiger partial charge in [0, 0.05) is 12.6 Å². The maximum atomic E-state index is 14.7. The zero-order valence-electron chi connectivity index (χ0n) is 16.4. The molecule has 0 aliphatic carbocycles. The molecule has 0 spiro atoms. The second-order valence-corrected chi connectivity index (χ2v) is 10.2. The van der Waals surface area contributed by atoms with E-state index in [1.165, 1.54) is 13.1 Å². The summed E-state index contributed by atoms with van der Waals surface area (Å²) in [5.41, 5.74) is -1.28. The van der Waals surface area contributed by atoms with Crippen LogP contribution in [-0.2, 0) is 25.0 Å². The molecule has 0 saturated carbocycles. The van der Waals surface area contributed by atoms with Crippen LogP contribution in [0.25, 0.3) is 0 Å². The van der Waals surface area contributed by atoms with Gasteiger partial charge in [0.2, 0.25) is 16.0 Å². The maximum absolute atomic E-state index is 14.7. The molecule has 1 N–H and O–H groups in total. The summed E-state index contributed by atoms with van der Waals surface area (Å²) in [6.07, 6.45) is -0.950. The molecule has 2 saturated heterocycles. The number of nitrogens with one attached hydrogen (secondary N) is 1. The van der Waals surface area contributed by atoms with Gasteiger partial charge in [-0.05, 0) is 33.8 Å². The second kappa shape index (κ2) is 6.70. The molecule has 3 rings (SSSR count). The van der Waals surface area contributed by atoms with Gasteiger partial charge in [-0.25, -0.2) is 21.9 Å². The Morgan fingerprint density at radius 2 is 2.11 bits per heavy atom. The second-order valence-electron chi connectivity index (χ2n) is 8.01. The van der Waals surface area contributed by atoms with E-state index in [0.717, 1.165) is 9.87 Å². The molecule has 1 amide bonds. The largest absolute Gasteiger partial charge is 0.442 e. The minimum Gasteiger partial charge on any atom is -0.442 e. The lowest BCUT2D eigenvalue weighted by molar-refractivity contribution is 0.0601. The lowest BCUT2D eigenvalue weighted by Gasteiger charge is -2.43. The number of ether oxygens (including phenoxy) is 2. The number of nitrogens with zero attached hydrogens (tertiary/aromatic N) is 2. The van der Waals surface area contributed by atoms with Crippen LogP contribution in [0.15, 0.2) is 23.2 Å². The molecule has 0 bridgehead atoms. The SMILES string of the molecule is Cc1ccc(F)c([C@]23COCC2S(=O)(=O)N(C)/C(=N\C(=O)OC(C)(C)C)N3)c1. The van der Waals surface area contributed by atoms with Gasteiger partial charge in [-0.15, -0.1) is 4.99 Å². The molecule has 8 nitrogen and oxygen atoms in total. The Bertz CT molecular complexity index is 941. The predicted molar refractivity (Wildman–Crippen MR) is 101 cm³/mol. The molecule has 2 heterocycles. The van der Waals surface area contributed by atoms with Crippen molar-refractivity contribution in [3.63, 3.8) is 0 Å². The van der Waals surface area contributed by atoms with Crippen LogP contribution in [0.5, 0.6) is 0 Å². The highest BCUT2D eigenvalue weighted by atomic mass is 32.2. The van der Waals surface area contributed by atoms with E-state index in [0.29, 0.717) is 0 Å². The minimum atomic E-state index is -3.97. The number of sulfonamides is 1. The van der Waals surface area contributed by atoms with Crippen LogP contribution < -0.4 is 5.32 Å². The first-order chi connectivity index (χ1) is 12.9. The van der Waals surface area contributed by atoms with Crippen molar-refractivity contribution in [2.75, 3.05) is 20.3 Å². The number of aryl methyl sites for hydroxylation is 1. The normalized spacial score (nSPS) is 28.0. The number of hydrogen-bond acceptors (Lipinski definition) is 5. The van der Waals surface area contributed by atoms with Crippen molar-refractivity contribution in [3.05, 3.63) is 35.1 Å². The average molecular weight is 413 g/mol. The molecule has 2 aliphatic rings. The highest BCUT2D eigenvalue weighted by molar-refractivity contribution is 7.90. The van der Waals surface area contributed by atoms with Crippen LogP contribution in [-0.4, -0.2) is 55.9 Å². The van der Waals surface area contributed by atoms with Crippen LogP contribution >= 0.6 is 0 Å². The fourth-order valence-electron chi connectivity index (χ4n) is 3.38. The first-order valence-electron chi connectivity index (χ1n) is 8.79. The molecule has 1 aromatic rings. The third-order valence-electron chi connectivity index (χ3n) is 4.72. The summed E-state index contributed by atoms with van der Waals surface area (Å²) in [6.45, 7) is 6.60. The van der Waals surface area contributed by atoms with E-state index in [-0.39, 0.29) is 24.7 Å². The van der Waals surface area contributed by atoms with Crippen molar-refractivity contribution < 1.29 is 27.1 Å². The van der Waals surface area contributed by atoms with E-state index in [2.05, 4.69) is 10.3 Å². The van der Waals surface area contributed by atoms with Crippen LogP contribution in [0.1, 0.15) is 31.9 Å². The number of rotatable bonds is 1. The van der Waals surface area contributed by atoms with E-state index in [1.807, 2.05) is 0 Å². The number of aliphatic imine (C=N–C) groups is 1. The van der Waals surface area contributed by atoms with E-state index in [9.17, 15) is 17.6 Å². The first-order valence-corrected chi connectivity index (χ1v) is 10.3. The Morgan fingerprint density at radius 3 is 2.75 bits per heavy atom. The molecule has 0 radical (unpaired) electrons. The highest BCUT2D eigenvalue weighted by Gasteiger charge is 2.59. The molecule has 2 atom stereocenters. The van der Waals surface area contributed by atoms with Gasteiger partial charge < -0.3 is 14.8 Å². The molecule has 154 valence electrons. The smallest absolute Gasteiger partial charge is 0.437 e. The average Bonchev–Trinajstić information content (AvgIpc) is 2.99. The first kappa shape index (κ1) is 20.5. The number of benzene rings is 1. The number of halogens is 1. The third kappa shape index (κ3) is 3.46. The molecular weight excluding hydrogens is 389 g/mol. The van der Waals surface area contributed by atoms with Crippen molar-refractivity contribution in [2.24, 2.45) is 4.99 Å². The number of carbonyl (C=O) groups is 1. The van der Waals surface area contributed by atoms with Gasteiger partial charge in [0.25, 0.3) is 0 Å². The van der Waals surface area contributed by atoms with Crippen molar-refractivity contribution in [1.29, 1.82) is 0 Å². The van der Waals surface area contributed by atoms with Gasteiger partial charge in [0.05, 0.1) is 13.2 Å². The molecule has 2 fully saturated rings. The number of guanidine groups is 1. The summed E-state index contributed by atoms with van der Waals surface area (Å²) in [4.78, 5) is 16.0. The monoisotopic (exact) mass is 413 g/mol. The van der Waals surface area contributed by atoms with E-state index < -0.39 is 38.3 Å². The fraction of sp³-hybridized carbons (Fsp3) is 0.556. The van der Waals surface area contributed by atoms with E-state index in [4.69, 9.17) is 9.47 Å². The molecule has 10 heteroatoms. The van der Waals surface area contributed by atoms with Crippen LogP contribution in [0, 0.1) is 12.7 Å². The Labute approximate surface area is 163 Å². The van der Waals surface area contributed by atoms with Crippen LogP contribution in [0.3, 0.4) is 0 Å². The number of hydrogen-bond donors (Lipinski definition) is 1. The van der Waals surface area contributed by atoms with Crippen molar-refractivity contribution in [2.45, 2.75) is 44.1 Å². The Hall–Kier alpha value is -2.20. The Balaban J connectivity index is 2.12. The van der Waals surface area contributed by atoms with Gasteiger partial charge in [-0.1, -0.05) is 17.7 Å². The molecule has 0 aromatic heterocycles. The van der Waals surface area contributed by atoms with E-state index >= 15 is 0 Å². The predicted octanol–water partition coefficient (Wildman–Crippen LogP) is 1.88. The van der Waals surface area contributed by atoms with E-state index in [1.54, 1.807) is 39.8 Å². The third-order valence-corrected chi connectivity index (χ3v) is 6.91. The van der Waals surface area contributed by atoms with Gasteiger partial charge in [0.1, 0.15) is 22.2 Å². The molecule has 28 heavy (non-hydrogen) atoms. The Kier molecular flexibility index (Phi) is 4.91. The molecule has 1 unspecified atom stereocenters. The standard InChI is InChI=1S/C18H24FN3O5S/c1-11-6-7-13(19)12(8-11)18-10-26-9-14(18)28(24,25)22(5)15(21-18)20-16(23)27-17(2,3)4/h6-8,14H,9-10H2,1-5H3,(H,20,21,23)/t14?,18-/m1/s1. The summed E-state index contributed by atoms with van der Waals surface area (Å²) in [5, 5.41) is 1.90. The van der Waals surface area contributed by atoms with Crippen molar-refractivity contribution >= 4 is 22.1 Å². The van der Waals surface area contributed by atoms with Crippen LogP contribution in [0.2, 0.25) is 0 Å². The lowest BCUT2D eigenvalue weighted by Crippen LogP contribution is -2.67. The minimum absolute atomic E-state index is 0.0849. The summed E-state index contributed by atoms with van der Waals surface area (Å²) < 4.78 is 52.4. The summed E-state index contributed by atoms with van der Waals surface area (Å²) in [7, 11) is -2.69. The summed E-state index contributed by atoms with van der Waals surface area (Å²) >= 11 is 0. The summed E-state index contributed by atoms with van der Waals surface area (Å²) in [5.74, 6) is -0.804. The number of carbonyl (C=O) groups excluding carboxylic acids is 1. The van der Waals surface area contributed by atoms with Crippen LogP contribution in [0.4, 0.5) is 9.18 Å². The summed E-state index contributed by atoms with van der Waals surface area (Å²) in [6, 6.07) is 4.46. The molecule has 2 aliphatic heterocycles. The number of amides is 1.